The number of piperidine rings is 1. The van der Waals surface area contributed by atoms with Crippen molar-refractivity contribution in [2.24, 2.45) is 5.92 Å². The van der Waals surface area contributed by atoms with E-state index in [1.165, 1.54) is 25.8 Å². The Morgan fingerprint density at radius 1 is 1.23 bits per heavy atom. The number of hydrogen-bond acceptors (Lipinski definition) is 5. The van der Waals surface area contributed by atoms with Crippen LogP contribution < -0.4 is 5.32 Å². The first kappa shape index (κ1) is 22.6. The number of halogens is 1. The number of ether oxygens (including phenoxy) is 1. The van der Waals surface area contributed by atoms with Crippen LogP contribution in [0.2, 0.25) is 5.02 Å². The fourth-order valence-electron chi connectivity index (χ4n) is 5.11. The molecule has 7 heteroatoms. The van der Waals surface area contributed by atoms with Gasteiger partial charge in [0.15, 0.2) is 5.58 Å². The number of aromatic nitrogens is 1. The third kappa shape index (κ3) is 5.99. The molecule has 1 aromatic heterocycles. The monoisotopic (exact) mass is 447 g/mol. The van der Waals surface area contributed by atoms with Gasteiger partial charge in [0.05, 0.1) is 12.3 Å². The van der Waals surface area contributed by atoms with Gasteiger partial charge in [-0.3, -0.25) is 4.79 Å². The van der Waals surface area contributed by atoms with Crippen molar-refractivity contribution in [3.8, 4) is 0 Å². The van der Waals surface area contributed by atoms with Crippen LogP contribution in [0.15, 0.2) is 22.7 Å². The first-order valence-corrected chi connectivity index (χ1v) is 12.1. The Hall–Kier alpha value is -1.63. The molecule has 6 nitrogen and oxygen atoms in total. The minimum Gasteiger partial charge on any atom is -0.384 e. The number of nitrogens with zero attached hydrogens (tertiary/aromatic N) is 2. The van der Waals surface area contributed by atoms with Gasteiger partial charge < -0.3 is 19.5 Å². The fourth-order valence-corrected chi connectivity index (χ4v) is 5.27. The molecule has 2 heterocycles. The minimum absolute atomic E-state index is 0.121. The van der Waals surface area contributed by atoms with Gasteiger partial charge in [0, 0.05) is 42.0 Å². The predicted octanol–water partition coefficient (Wildman–Crippen LogP) is 4.76. The second-order valence-corrected chi connectivity index (χ2v) is 9.58. The molecule has 170 valence electrons. The molecular formula is C24H34ClN3O3. The Morgan fingerprint density at radius 3 is 2.74 bits per heavy atom. The molecule has 0 spiro atoms. The van der Waals surface area contributed by atoms with E-state index in [9.17, 15) is 4.79 Å². The summed E-state index contributed by atoms with van der Waals surface area (Å²) in [6.45, 7) is 3.92. The lowest BCUT2D eigenvalue weighted by molar-refractivity contribution is -0.122. The molecule has 1 saturated heterocycles. The van der Waals surface area contributed by atoms with E-state index < -0.39 is 0 Å². The van der Waals surface area contributed by atoms with Crippen molar-refractivity contribution in [3.05, 3.63) is 28.9 Å². The topological polar surface area (TPSA) is 67.6 Å². The van der Waals surface area contributed by atoms with E-state index in [0.29, 0.717) is 30.0 Å². The van der Waals surface area contributed by atoms with Crippen LogP contribution in [0.1, 0.15) is 63.0 Å². The summed E-state index contributed by atoms with van der Waals surface area (Å²) in [4.78, 5) is 14.5. The summed E-state index contributed by atoms with van der Waals surface area (Å²) in [7, 11) is 1.63. The zero-order valence-corrected chi connectivity index (χ0v) is 19.2. The zero-order chi connectivity index (χ0) is 21.6. The molecule has 0 unspecified atom stereocenters. The smallest absolute Gasteiger partial charge is 0.222 e. The number of benzene rings is 1. The zero-order valence-electron chi connectivity index (χ0n) is 18.4. The van der Waals surface area contributed by atoms with E-state index in [0.717, 1.165) is 61.4 Å². The summed E-state index contributed by atoms with van der Waals surface area (Å²) < 4.78 is 10.5. The highest BCUT2D eigenvalue weighted by atomic mass is 35.5. The minimum atomic E-state index is 0.121. The second kappa shape index (κ2) is 10.8. The summed E-state index contributed by atoms with van der Waals surface area (Å²) in [6.07, 6.45) is 8.64. The largest absolute Gasteiger partial charge is 0.384 e. The third-order valence-corrected chi connectivity index (χ3v) is 7.27. The highest BCUT2D eigenvalue weighted by Gasteiger charge is 2.27. The third-order valence-electron chi connectivity index (χ3n) is 7.03. The molecule has 2 fully saturated rings. The summed E-state index contributed by atoms with van der Waals surface area (Å²) in [6, 6.07) is 6.15. The molecule has 1 saturated carbocycles. The van der Waals surface area contributed by atoms with Crippen LogP contribution in [0.5, 0.6) is 0 Å². The SMILES string of the molecule is COCCC(=O)NC1CCC(CCN2CCC(c3noc4cc(Cl)ccc34)CC2)CC1. The Balaban J connectivity index is 1.16. The van der Waals surface area contributed by atoms with E-state index in [1.807, 2.05) is 18.2 Å². The van der Waals surface area contributed by atoms with E-state index in [4.69, 9.17) is 20.9 Å². The van der Waals surface area contributed by atoms with Crippen molar-refractivity contribution >= 4 is 28.5 Å². The molecule has 0 atom stereocenters. The number of nitrogens with one attached hydrogen (secondary N) is 1. The molecule has 1 N–H and O–H groups in total. The molecule has 1 aliphatic heterocycles. The molecule has 0 radical (unpaired) electrons. The van der Waals surface area contributed by atoms with Gasteiger partial charge in [-0.2, -0.15) is 0 Å². The number of hydrogen-bond donors (Lipinski definition) is 1. The maximum Gasteiger partial charge on any atom is 0.222 e. The molecular weight excluding hydrogens is 414 g/mol. The number of rotatable bonds is 8. The molecule has 4 rings (SSSR count). The molecule has 1 amide bonds. The molecule has 2 aliphatic rings. The van der Waals surface area contributed by atoms with E-state index in [1.54, 1.807) is 7.11 Å². The van der Waals surface area contributed by atoms with Crippen LogP contribution in [-0.2, 0) is 9.53 Å². The van der Waals surface area contributed by atoms with Crippen LogP contribution in [0.3, 0.4) is 0 Å². The van der Waals surface area contributed by atoms with Crippen molar-refractivity contribution in [3.63, 3.8) is 0 Å². The van der Waals surface area contributed by atoms with Crippen molar-refractivity contribution < 1.29 is 14.1 Å². The average molecular weight is 448 g/mol. The predicted molar refractivity (Wildman–Crippen MR) is 122 cm³/mol. The summed E-state index contributed by atoms with van der Waals surface area (Å²) >= 11 is 6.06. The van der Waals surface area contributed by atoms with Crippen molar-refractivity contribution in [1.82, 2.24) is 15.4 Å². The van der Waals surface area contributed by atoms with Crippen LogP contribution >= 0.6 is 11.6 Å². The first-order valence-electron chi connectivity index (χ1n) is 11.7. The molecule has 0 bridgehead atoms. The standard InChI is InChI=1S/C24H34ClN3O3/c1-30-15-11-23(29)26-20-5-2-17(3-6-20)8-12-28-13-9-18(10-14-28)24-21-7-4-19(25)16-22(21)31-27-24/h4,7,16-18,20H,2-3,5-6,8-15H2,1H3,(H,26,29). The van der Waals surface area contributed by atoms with Gasteiger partial charge in [0.1, 0.15) is 0 Å². The summed E-state index contributed by atoms with van der Waals surface area (Å²) in [5.41, 5.74) is 1.88. The van der Waals surface area contributed by atoms with Gasteiger partial charge in [0.2, 0.25) is 5.91 Å². The highest BCUT2D eigenvalue weighted by molar-refractivity contribution is 6.31. The average Bonchev–Trinajstić information content (AvgIpc) is 3.20. The number of carbonyl (C=O) groups is 1. The van der Waals surface area contributed by atoms with E-state index in [-0.39, 0.29) is 5.91 Å². The lowest BCUT2D eigenvalue weighted by Gasteiger charge is -2.34. The van der Waals surface area contributed by atoms with Gasteiger partial charge in [-0.05, 0) is 82.6 Å². The second-order valence-electron chi connectivity index (χ2n) is 9.14. The van der Waals surface area contributed by atoms with Crippen LogP contribution in [0.25, 0.3) is 11.0 Å². The lowest BCUT2D eigenvalue weighted by Crippen LogP contribution is -2.39. The molecule has 1 aliphatic carbocycles. The quantitative estimate of drug-likeness (QED) is 0.631. The normalized spacial score (nSPS) is 23.3. The number of carbonyl (C=O) groups excluding carboxylic acids is 1. The first-order chi connectivity index (χ1) is 15.1. The lowest BCUT2D eigenvalue weighted by atomic mass is 9.83. The van der Waals surface area contributed by atoms with E-state index in [2.05, 4.69) is 15.4 Å². The molecule has 31 heavy (non-hydrogen) atoms. The number of methoxy groups -OCH3 is 1. The number of amides is 1. The summed E-state index contributed by atoms with van der Waals surface area (Å²) in [5, 5.41) is 9.32. The summed E-state index contributed by atoms with van der Waals surface area (Å²) in [5.74, 6) is 1.38. The van der Waals surface area contributed by atoms with Crippen LogP contribution in [0.4, 0.5) is 0 Å². The highest BCUT2D eigenvalue weighted by Crippen LogP contribution is 2.34. The van der Waals surface area contributed by atoms with Crippen molar-refractivity contribution in [1.29, 1.82) is 0 Å². The number of likely N-dealkylation sites (tertiary alicyclic amines) is 1. The van der Waals surface area contributed by atoms with Gasteiger partial charge in [-0.25, -0.2) is 0 Å². The fraction of sp³-hybridized carbons (Fsp3) is 0.667. The number of fused-ring (bicyclic) bond motifs is 1. The Labute approximate surface area is 189 Å². The van der Waals surface area contributed by atoms with Gasteiger partial charge in [0.25, 0.3) is 0 Å². The van der Waals surface area contributed by atoms with Crippen molar-refractivity contribution in [2.75, 3.05) is 33.4 Å². The van der Waals surface area contributed by atoms with Crippen molar-refractivity contribution in [2.45, 2.75) is 63.3 Å². The van der Waals surface area contributed by atoms with Gasteiger partial charge in [-0.1, -0.05) is 16.8 Å². The maximum absolute atomic E-state index is 11.9. The molecule has 1 aromatic carbocycles. The Bertz CT molecular complexity index is 855. The molecule has 2 aromatic rings. The van der Waals surface area contributed by atoms with Crippen LogP contribution in [0, 0.1) is 5.92 Å². The van der Waals surface area contributed by atoms with Gasteiger partial charge >= 0.3 is 0 Å². The van der Waals surface area contributed by atoms with Crippen LogP contribution in [-0.4, -0.2) is 55.4 Å². The maximum atomic E-state index is 11.9. The van der Waals surface area contributed by atoms with Gasteiger partial charge in [-0.15, -0.1) is 0 Å². The Kier molecular flexibility index (Phi) is 7.86. The van der Waals surface area contributed by atoms with E-state index >= 15 is 0 Å². The Morgan fingerprint density at radius 2 is 2.00 bits per heavy atom.